The Kier molecular flexibility index (Phi) is 5.43. The van der Waals surface area contributed by atoms with Crippen LogP contribution < -0.4 is 10.6 Å². The van der Waals surface area contributed by atoms with Crippen LogP contribution in [0.5, 0.6) is 0 Å². The van der Waals surface area contributed by atoms with Gasteiger partial charge in [0.05, 0.1) is 12.2 Å². The number of benzene rings is 2. The highest BCUT2D eigenvalue weighted by atomic mass is 35.5. The number of aliphatic imine (C=N–C) groups is 1. The number of nitrogens with zero attached hydrogens (tertiary/aromatic N) is 6. The average Bonchev–Trinajstić information content (AvgIpc) is 3.28. The van der Waals surface area contributed by atoms with Gasteiger partial charge in [-0.2, -0.15) is 5.10 Å². The predicted molar refractivity (Wildman–Crippen MR) is 112 cm³/mol. The minimum absolute atomic E-state index is 0.556. The number of hydrogen-bond donors (Lipinski definition) is 1. The van der Waals surface area contributed by atoms with Crippen molar-refractivity contribution in [1.82, 2.24) is 19.7 Å². The Morgan fingerprint density at radius 1 is 0.964 bits per heavy atom. The third-order valence-corrected chi connectivity index (χ3v) is 5.09. The van der Waals surface area contributed by atoms with Crippen LogP contribution in [-0.2, 0) is 6.54 Å². The van der Waals surface area contributed by atoms with Gasteiger partial charge >= 0.3 is 0 Å². The highest BCUT2D eigenvalue weighted by Crippen LogP contribution is 2.19. The van der Waals surface area contributed by atoms with E-state index in [0.717, 1.165) is 42.5 Å². The van der Waals surface area contributed by atoms with Crippen molar-refractivity contribution >= 4 is 23.2 Å². The first-order chi connectivity index (χ1) is 13.7. The first kappa shape index (κ1) is 18.3. The van der Waals surface area contributed by atoms with Gasteiger partial charge in [-0.3, -0.25) is 0 Å². The maximum absolute atomic E-state index is 6.22. The summed E-state index contributed by atoms with van der Waals surface area (Å²) in [5, 5.41) is 4.88. The Hall–Kier alpha value is -3.06. The SMILES string of the molecule is NC(=NCc1ccc(-n2cncn2)cc1)N1CCN(c2ccc(Cl)cc2)CC1. The molecule has 7 nitrogen and oxygen atoms in total. The van der Waals surface area contributed by atoms with Crippen LogP contribution in [0.3, 0.4) is 0 Å². The smallest absolute Gasteiger partial charge is 0.191 e. The Morgan fingerprint density at radius 3 is 2.29 bits per heavy atom. The van der Waals surface area contributed by atoms with Gasteiger partial charge in [-0.15, -0.1) is 0 Å². The first-order valence-corrected chi connectivity index (χ1v) is 9.56. The second-order valence-electron chi connectivity index (χ2n) is 6.63. The Balaban J connectivity index is 1.31. The number of aromatic nitrogens is 3. The van der Waals surface area contributed by atoms with Gasteiger partial charge in [0.1, 0.15) is 12.7 Å². The summed E-state index contributed by atoms with van der Waals surface area (Å²) in [5.74, 6) is 0.594. The minimum atomic E-state index is 0.556. The van der Waals surface area contributed by atoms with Crippen LogP contribution >= 0.6 is 11.6 Å². The molecule has 1 aromatic heterocycles. The molecule has 0 amide bonds. The van der Waals surface area contributed by atoms with Crippen molar-refractivity contribution in [3.8, 4) is 5.69 Å². The van der Waals surface area contributed by atoms with E-state index in [1.54, 1.807) is 11.0 Å². The number of nitrogens with two attached hydrogens (primary N) is 1. The highest BCUT2D eigenvalue weighted by molar-refractivity contribution is 6.30. The van der Waals surface area contributed by atoms with Gasteiger partial charge in [-0.1, -0.05) is 23.7 Å². The number of hydrogen-bond acceptors (Lipinski definition) is 4. The first-order valence-electron chi connectivity index (χ1n) is 9.18. The average molecular weight is 396 g/mol. The molecule has 2 N–H and O–H groups in total. The van der Waals surface area contributed by atoms with Gasteiger partial charge in [0.2, 0.25) is 0 Å². The van der Waals surface area contributed by atoms with E-state index in [0.29, 0.717) is 12.5 Å². The third kappa shape index (κ3) is 4.26. The Morgan fingerprint density at radius 2 is 1.64 bits per heavy atom. The zero-order valence-corrected chi connectivity index (χ0v) is 16.2. The maximum Gasteiger partial charge on any atom is 0.191 e. The van der Waals surface area contributed by atoms with Crippen LogP contribution in [0, 0.1) is 0 Å². The second-order valence-corrected chi connectivity index (χ2v) is 7.07. The Labute approximate surface area is 169 Å². The van der Waals surface area contributed by atoms with E-state index in [-0.39, 0.29) is 0 Å². The molecule has 0 saturated carbocycles. The molecule has 0 unspecified atom stereocenters. The lowest BCUT2D eigenvalue weighted by molar-refractivity contribution is 0.380. The normalized spacial score (nSPS) is 15.1. The van der Waals surface area contributed by atoms with E-state index in [4.69, 9.17) is 17.3 Å². The van der Waals surface area contributed by atoms with Gasteiger partial charge in [-0.05, 0) is 42.0 Å². The fraction of sp³-hybridized carbons (Fsp3) is 0.250. The molecule has 144 valence electrons. The third-order valence-electron chi connectivity index (χ3n) is 4.84. The minimum Gasteiger partial charge on any atom is -0.370 e. The van der Waals surface area contributed by atoms with Crippen molar-refractivity contribution in [2.75, 3.05) is 31.1 Å². The number of anilines is 1. The quantitative estimate of drug-likeness (QED) is 0.542. The van der Waals surface area contributed by atoms with Crippen LogP contribution in [-0.4, -0.2) is 51.8 Å². The Bertz CT molecular complexity index is 912. The fourth-order valence-corrected chi connectivity index (χ4v) is 3.34. The molecular formula is C20H22ClN7. The molecule has 2 aromatic carbocycles. The summed E-state index contributed by atoms with van der Waals surface area (Å²) >= 11 is 5.97. The second kappa shape index (κ2) is 8.31. The van der Waals surface area contributed by atoms with Crippen molar-refractivity contribution in [2.45, 2.75) is 6.54 Å². The molecule has 1 aliphatic heterocycles. The van der Waals surface area contributed by atoms with Crippen LogP contribution in [0.25, 0.3) is 5.69 Å². The van der Waals surface area contributed by atoms with Crippen molar-refractivity contribution in [3.05, 3.63) is 71.8 Å². The lowest BCUT2D eigenvalue weighted by atomic mass is 10.2. The zero-order chi connectivity index (χ0) is 19.3. The van der Waals surface area contributed by atoms with E-state index < -0.39 is 0 Å². The molecule has 4 rings (SSSR count). The zero-order valence-electron chi connectivity index (χ0n) is 15.4. The monoisotopic (exact) mass is 395 g/mol. The van der Waals surface area contributed by atoms with E-state index >= 15 is 0 Å². The van der Waals surface area contributed by atoms with E-state index in [1.165, 1.54) is 12.0 Å². The molecule has 0 atom stereocenters. The highest BCUT2D eigenvalue weighted by Gasteiger charge is 2.18. The predicted octanol–water partition coefficient (Wildman–Crippen LogP) is 2.56. The molecule has 0 spiro atoms. The lowest BCUT2D eigenvalue weighted by Crippen LogP contribution is -2.51. The van der Waals surface area contributed by atoms with Crippen LogP contribution in [0.2, 0.25) is 5.02 Å². The molecule has 0 aliphatic carbocycles. The summed E-state index contributed by atoms with van der Waals surface area (Å²) in [5.41, 5.74) is 9.48. The van der Waals surface area contributed by atoms with E-state index in [2.05, 4.69) is 37.0 Å². The molecule has 1 fully saturated rings. The van der Waals surface area contributed by atoms with E-state index in [9.17, 15) is 0 Å². The molecule has 28 heavy (non-hydrogen) atoms. The summed E-state index contributed by atoms with van der Waals surface area (Å²) in [7, 11) is 0. The van der Waals surface area contributed by atoms with Crippen molar-refractivity contribution in [2.24, 2.45) is 10.7 Å². The van der Waals surface area contributed by atoms with Gasteiger partial charge in [-0.25, -0.2) is 14.7 Å². The molecule has 3 aromatic rings. The molecule has 8 heteroatoms. The van der Waals surface area contributed by atoms with Crippen molar-refractivity contribution in [1.29, 1.82) is 0 Å². The van der Waals surface area contributed by atoms with E-state index in [1.807, 2.05) is 36.4 Å². The molecule has 1 aliphatic rings. The summed E-state index contributed by atoms with van der Waals surface area (Å²) in [4.78, 5) is 13.0. The molecule has 0 radical (unpaired) electrons. The maximum atomic E-state index is 6.22. The summed E-state index contributed by atoms with van der Waals surface area (Å²) in [6.45, 7) is 4.07. The topological polar surface area (TPSA) is 75.6 Å². The summed E-state index contributed by atoms with van der Waals surface area (Å²) in [6.07, 6.45) is 3.19. The molecule has 0 bridgehead atoms. The molecular weight excluding hydrogens is 374 g/mol. The van der Waals surface area contributed by atoms with Crippen LogP contribution in [0.4, 0.5) is 5.69 Å². The van der Waals surface area contributed by atoms with Gasteiger partial charge in [0.15, 0.2) is 5.96 Å². The van der Waals surface area contributed by atoms with Gasteiger partial charge in [0.25, 0.3) is 0 Å². The largest absolute Gasteiger partial charge is 0.370 e. The standard InChI is InChI=1S/C20H22ClN7/c21-17-3-7-18(8-4-17)26-9-11-27(12-10-26)20(22)24-13-16-1-5-19(6-2-16)28-15-23-14-25-28/h1-8,14-15H,9-13H2,(H2,22,24). The summed E-state index contributed by atoms with van der Waals surface area (Å²) < 4.78 is 1.72. The fourth-order valence-electron chi connectivity index (χ4n) is 3.21. The van der Waals surface area contributed by atoms with Gasteiger partial charge in [0, 0.05) is 36.9 Å². The van der Waals surface area contributed by atoms with Crippen molar-refractivity contribution < 1.29 is 0 Å². The number of rotatable bonds is 4. The van der Waals surface area contributed by atoms with Crippen LogP contribution in [0.15, 0.2) is 66.2 Å². The number of guanidine groups is 1. The summed E-state index contributed by atoms with van der Waals surface area (Å²) in [6, 6.07) is 16.0. The van der Waals surface area contributed by atoms with Gasteiger partial charge < -0.3 is 15.5 Å². The molecule has 1 saturated heterocycles. The van der Waals surface area contributed by atoms with Crippen LogP contribution in [0.1, 0.15) is 5.56 Å². The lowest BCUT2D eigenvalue weighted by Gasteiger charge is -2.36. The molecule has 2 heterocycles. The number of piperazine rings is 1. The van der Waals surface area contributed by atoms with Crippen molar-refractivity contribution in [3.63, 3.8) is 0 Å². The number of halogens is 1.